The number of anilines is 2. The van der Waals surface area contributed by atoms with Crippen LogP contribution in [0.3, 0.4) is 0 Å². The Kier molecular flexibility index (Phi) is 6.54. The maximum absolute atomic E-state index is 12.1. The van der Waals surface area contributed by atoms with Crippen LogP contribution >= 0.6 is 0 Å². The summed E-state index contributed by atoms with van der Waals surface area (Å²) in [5.74, 6) is 0.314. The minimum Gasteiger partial charge on any atom is -0.497 e. The fourth-order valence-corrected chi connectivity index (χ4v) is 2.35. The van der Waals surface area contributed by atoms with Crippen molar-refractivity contribution >= 4 is 23.2 Å². The number of likely N-dealkylation sites (N-methyl/N-ethyl adjacent to an activating group) is 1. The Morgan fingerprint density at radius 2 is 1.68 bits per heavy atom. The fourth-order valence-electron chi connectivity index (χ4n) is 2.35. The standard InChI is InChI=1S/C19H23N3O3/c1-14-7-4-5-10-17(14)21-19(24)13-22(2)12-18(23)20-15-8-6-9-16(11-15)25-3/h4-11H,12-13H2,1-3H3,(H,20,23)(H,21,24). The lowest BCUT2D eigenvalue weighted by Crippen LogP contribution is -2.36. The van der Waals surface area contributed by atoms with E-state index in [0.29, 0.717) is 11.4 Å². The predicted octanol–water partition coefficient (Wildman–Crippen LogP) is 2.51. The minimum absolute atomic E-state index is 0.110. The van der Waals surface area contributed by atoms with E-state index in [2.05, 4.69) is 10.6 Å². The summed E-state index contributed by atoms with van der Waals surface area (Å²) >= 11 is 0. The van der Waals surface area contributed by atoms with Crippen LogP contribution in [0, 0.1) is 6.92 Å². The van der Waals surface area contributed by atoms with Gasteiger partial charge in [0.15, 0.2) is 0 Å². The van der Waals surface area contributed by atoms with Crippen molar-refractivity contribution < 1.29 is 14.3 Å². The topological polar surface area (TPSA) is 70.7 Å². The van der Waals surface area contributed by atoms with Crippen molar-refractivity contribution in [2.24, 2.45) is 0 Å². The van der Waals surface area contributed by atoms with Crippen molar-refractivity contribution in [3.8, 4) is 5.75 Å². The van der Waals surface area contributed by atoms with Crippen molar-refractivity contribution in [1.29, 1.82) is 0 Å². The molecule has 6 nitrogen and oxygen atoms in total. The van der Waals surface area contributed by atoms with Crippen molar-refractivity contribution in [3.63, 3.8) is 0 Å². The van der Waals surface area contributed by atoms with Gasteiger partial charge >= 0.3 is 0 Å². The molecule has 2 N–H and O–H groups in total. The highest BCUT2D eigenvalue weighted by atomic mass is 16.5. The summed E-state index contributed by atoms with van der Waals surface area (Å²) in [7, 11) is 3.30. The molecular weight excluding hydrogens is 318 g/mol. The largest absolute Gasteiger partial charge is 0.497 e. The SMILES string of the molecule is COc1cccc(NC(=O)CN(C)CC(=O)Nc2ccccc2C)c1. The average molecular weight is 341 g/mol. The summed E-state index contributed by atoms with van der Waals surface area (Å²) in [6, 6.07) is 14.7. The van der Waals surface area contributed by atoms with Gasteiger partial charge < -0.3 is 15.4 Å². The van der Waals surface area contributed by atoms with E-state index in [1.165, 1.54) is 0 Å². The zero-order valence-electron chi connectivity index (χ0n) is 14.7. The summed E-state index contributed by atoms with van der Waals surface area (Å²) in [6.07, 6.45) is 0. The zero-order chi connectivity index (χ0) is 18.2. The van der Waals surface area contributed by atoms with Gasteiger partial charge in [0.1, 0.15) is 5.75 Å². The molecule has 0 spiro atoms. The van der Waals surface area contributed by atoms with Crippen LogP contribution in [0.4, 0.5) is 11.4 Å². The molecule has 132 valence electrons. The first-order valence-electron chi connectivity index (χ1n) is 7.96. The first-order valence-corrected chi connectivity index (χ1v) is 7.96. The van der Waals surface area contributed by atoms with Crippen LogP contribution in [0.5, 0.6) is 5.75 Å². The Morgan fingerprint density at radius 1 is 1.00 bits per heavy atom. The van der Waals surface area contributed by atoms with Gasteiger partial charge in [-0.05, 0) is 37.7 Å². The van der Waals surface area contributed by atoms with Crippen molar-refractivity contribution in [2.45, 2.75) is 6.92 Å². The molecule has 0 aliphatic heterocycles. The van der Waals surface area contributed by atoms with E-state index in [0.717, 1.165) is 11.3 Å². The molecule has 0 bridgehead atoms. The quantitative estimate of drug-likeness (QED) is 0.812. The molecule has 0 heterocycles. The Labute approximate surface area is 147 Å². The fraction of sp³-hybridized carbons (Fsp3) is 0.263. The third-order valence-corrected chi connectivity index (χ3v) is 3.60. The summed E-state index contributed by atoms with van der Waals surface area (Å²) in [6.45, 7) is 2.17. The molecule has 2 aromatic rings. The lowest BCUT2D eigenvalue weighted by atomic mass is 10.2. The number of rotatable bonds is 7. The highest BCUT2D eigenvalue weighted by molar-refractivity contribution is 5.95. The van der Waals surface area contributed by atoms with Gasteiger partial charge in [-0.15, -0.1) is 0 Å². The molecule has 0 saturated heterocycles. The normalized spacial score (nSPS) is 10.4. The number of hydrogen-bond donors (Lipinski definition) is 2. The highest BCUT2D eigenvalue weighted by Crippen LogP contribution is 2.16. The van der Waals surface area contributed by atoms with Crippen LogP contribution in [-0.2, 0) is 9.59 Å². The third kappa shape index (κ3) is 5.93. The Hall–Kier alpha value is -2.86. The van der Waals surface area contributed by atoms with Gasteiger partial charge in [0.2, 0.25) is 11.8 Å². The maximum atomic E-state index is 12.1. The van der Waals surface area contributed by atoms with Gasteiger partial charge in [0.05, 0.1) is 20.2 Å². The van der Waals surface area contributed by atoms with Gasteiger partial charge in [0.25, 0.3) is 0 Å². The molecular formula is C19H23N3O3. The maximum Gasteiger partial charge on any atom is 0.238 e. The molecule has 2 aromatic carbocycles. The molecule has 25 heavy (non-hydrogen) atoms. The number of para-hydroxylation sites is 1. The summed E-state index contributed by atoms with van der Waals surface area (Å²) in [5.41, 5.74) is 2.43. The van der Waals surface area contributed by atoms with E-state index in [4.69, 9.17) is 4.74 Å². The number of nitrogens with one attached hydrogen (secondary N) is 2. The Balaban J connectivity index is 1.82. The number of nitrogens with zero attached hydrogens (tertiary/aromatic N) is 1. The monoisotopic (exact) mass is 341 g/mol. The number of carbonyl (C=O) groups is 2. The first kappa shape index (κ1) is 18.5. The molecule has 0 aromatic heterocycles. The molecule has 2 amide bonds. The average Bonchev–Trinajstić information content (AvgIpc) is 2.56. The van der Waals surface area contributed by atoms with Gasteiger partial charge in [-0.25, -0.2) is 0 Å². The predicted molar refractivity (Wildman–Crippen MR) is 98.9 cm³/mol. The van der Waals surface area contributed by atoms with Crippen LogP contribution in [0.1, 0.15) is 5.56 Å². The lowest BCUT2D eigenvalue weighted by molar-refractivity contribution is -0.119. The minimum atomic E-state index is -0.195. The molecule has 6 heteroatoms. The number of benzene rings is 2. The molecule has 0 aliphatic carbocycles. The van der Waals surface area contributed by atoms with E-state index in [1.54, 1.807) is 43.3 Å². The van der Waals surface area contributed by atoms with Gasteiger partial charge in [-0.2, -0.15) is 0 Å². The number of aryl methyl sites for hydroxylation is 1. The van der Waals surface area contributed by atoms with Crippen LogP contribution in [0.15, 0.2) is 48.5 Å². The second-order valence-electron chi connectivity index (χ2n) is 5.82. The lowest BCUT2D eigenvalue weighted by Gasteiger charge is -2.16. The van der Waals surface area contributed by atoms with E-state index < -0.39 is 0 Å². The smallest absolute Gasteiger partial charge is 0.238 e. The van der Waals surface area contributed by atoms with E-state index >= 15 is 0 Å². The van der Waals surface area contributed by atoms with E-state index in [-0.39, 0.29) is 24.9 Å². The molecule has 2 rings (SSSR count). The molecule has 0 saturated carbocycles. The second-order valence-corrected chi connectivity index (χ2v) is 5.82. The van der Waals surface area contributed by atoms with Gasteiger partial charge in [-0.3, -0.25) is 14.5 Å². The van der Waals surface area contributed by atoms with Crippen LogP contribution in [0.25, 0.3) is 0 Å². The van der Waals surface area contributed by atoms with Crippen molar-refractivity contribution in [2.75, 3.05) is 37.9 Å². The van der Waals surface area contributed by atoms with Crippen molar-refractivity contribution in [1.82, 2.24) is 4.90 Å². The number of hydrogen-bond acceptors (Lipinski definition) is 4. The zero-order valence-corrected chi connectivity index (χ0v) is 14.7. The third-order valence-electron chi connectivity index (χ3n) is 3.60. The molecule has 0 atom stereocenters. The summed E-state index contributed by atoms with van der Waals surface area (Å²) in [4.78, 5) is 25.8. The number of carbonyl (C=O) groups excluding carboxylic acids is 2. The highest BCUT2D eigenvalue weighted by Gasteiger charge is 2.12. The second kappa shape index (κ2) is 8.84. The van der Waals surface area contributed by atoms with Crippen LogP contribution in [0.2, 0.25) is 0 Å². The molecule has 0 unspecified atom stereocenters. The van der Waals surface area contributed by atoms with Crippen LogP contribution in [-0.4, -0.2) is 44.0 Å². The van der Waals surface area contributed by atoms with Gasteiger partial charge in [0, 0.05) is 17.4 Å². The summed E-state index contributed by atoms with van der Waals surface area (Å²) in [5, 5.41) is 5.64. The Bertz CT molecular complexity index is 746. The number of amides is 2. The van der Waals surface area contributed by atoms with Gasteiger partial charge in [-0.1, -0.05) is 24.3 Å². The van der Waals surface area contributed by atoms with Crippen LogP contribution < -0.4 is 15.4 Å². The van der Waals surface area contributed by atoms with E-state index in [1.807, 2.05) is 31.2 Å². The van der Waals surface area contributed by atoms with E-state index in [9.17, 15) is 9.59 Å². The number of ether oxygens (including phenoxy) is 1. The molecule has 0 fully saturated rings. The summed E-state index contributed by atoms with van der Waals surface area (Å²) < 4.78 is 5.12. The molecule has 0 aliphatic rings. The molecule has 0 radical (unpaired) electrons. The first-order chi connectivity index (χ1) is 12.0. The van der Waals surface area contributed by atoms with Crippen molar-refractivity contribution in [3.05, 3.63) is 54.1 Å². The number of methoxy groups -OCH3 is 1. The Morgan fingerprint density at radius 3 is 2.36 bits per heavy atom.